The molecule has 0 saturated heterocycles. The number of hydrogen-bond donors (Lipinski definition) is 0. The third kappa shape index (κ3) is 2.90. The van der Waals surface area contributed by atoms with Crippen LogP contribution in [0.15, 0.2) is 40.9 Å². The van der Waals surface area contributed by atoms with Crippen molar-refractivity contribution in [1.29, 1.82) is 0 Å². The Kier molecular flexibility index (Phi) is 3.63. The summed E-state index contributed by atoms with van der Waals surface area (Å²) in [5, 5.41) is 0. The van der Waals surface area contributed by atoms with E-state index in [-0.39, 0.29) is 24.7 Å². The summed E-state index contributed by atoms with van der Waals surface area (Å²) in [4.78, 5) is 13.4. The highest BCUT2D eigenvalue weighted by molar-refractivity contribution is 9.10. The molecule has 0 fully saturated rings. The Hall–Kier alpha value is -1.95. The molecule has 1 aliphatic rings. The smallest absolute Gasteiger partial charge is 0.265 e. The number of amides is 1. The van der Waals surface area contributed by atoms with Gasteiger partial charge in [-0.05, 0) is 30.3 Å². The summed E-state index contributed by atoms with van der Waals surface area (Å²) in [6.07, 6.45) is 0. The van der Waals surface area contributed by atoms with Crippen molar-refractivity contribution in [2.75, 3.05) is 11.5 Å². The normalized spacial score (nSPS) is 14.4. The second-order valence-electron chi connectivity index (χ2n) is 4.65. The van der Waals surface area contributed by atoms with Gasteiger partial charge in [0.2, 0.25) is 0 Å². The van der Waals surface area contributed by atoms with Crippen molar-refractivity contribution >= 4 is 27.5 Å². The van der Waals surface area contributed by atoms with E-state index in [1.807, 2.05) is 6.07 Å². The molecule has 0 saturated carbocycles. The average molecular weight is 354 g/mol. The molecular weight excluding hydrogens is 344 g/mol. The van der Waals surface area contributed by atoms with Crippen LogP contribution in [0, 0.1) is 11.6 Å². The minimum Gasteiger partial charge on any atom is -0.483 e. The Morgan fingerprint density at radius 2 is 1.81 bits per heavy atom. The lowest BCUT2D eigenvalue weighted by Gasteiger charge is -2.20. The molecule has 108 valence electrons. The maximum Gasteiger partial charge on any atom is 0.265 e. The van der Waals surface area contributed by atoms with Gasteiger partial charge in [0.15, 0.2) is 6.61 Å². The summed E-state index contributed by atoms with van der Waals surface area (Å²) in [5.41, 5.74) is 0.939. The Balaban J connectivity index is 2.03. The summed E-state index contributed by atoms with van der Waals surface area (Å²) in [6, 6.07) is 8.40. The summed E-state index contributed by atoms with van der Waals surface area (Å²) in [5.74, 6) is -1.21. The third-order valence-corrected chi connectivity index (χ3v) is 3.66. The van der Waals surface area contributed by atoms with Crippen molar-refractivity contribution in [3.8, 4) is 5.75 Å². The quantitative estimate of drug-likeness (QED) is 0.783. The Morgan fingerprint density at radius 3 is 2.52 bits per heavy atom. The molecule has 0 atom stereocenters. The first-order valence-electron chi connectivity index (χ1n) is 6.20. The molecule has 0 aromatic heterocycles. The van der Waals surface area contributed by atoms with Crippen LogP contribution in [-0.2, 0) is 11.3 Å². The fourth-order valence-corrected chi connectivity index (χ4v) is 2.63. The summed E-state index contributed by atoms with van der Waals surface area (Å²) < 4.78 is 33.0. The van der Waals surface area contributed by atoms with Gasteiger partial charge in [0.05, 0.1) is 6.54 Å². The lowest BCUT2D eigenvalue weighted by atomic mass is 10.1. The Morgan fingerprint density at radius 1 is 1.10 bits per heavy atom. The van der Waals surface area contributed by atoms with Crippen LogP contribution in [0.25, 0.3) is 0 Å². The Labute approximate surface area is 128 Å². The fraction of sp³-hybridized carbons (Fsp3) is 0.133. The molecule has 0 N–H and O–H groups in total. The van der Waals surface area contributed by atoms with Gasteiger partial charge in [-0.2, -0.15) is 0 Å². The monoisotopic (exact) mass is 353 g/mol. The van der Waals surface area contributed by atoms with Gasteiger partial charge in [-0.1, -0.05) is 15.9 Å². The van der Waals surface area contributed by atoms with E-state index >= 15 is 0 Å². The van der Waals surface area contributed by atoms with Gasteiger partial charge in [0.25, 0.3) is 5.91 Å². The minimum absolute atomic E-state index is 0.174. The zero-order chi connectivity index (χ0) is 15.0. The number of rotatable bonds is 1. The lowest BCUT2D eigenvalue weighted by Crippen LogP contribution is -2.32. The maximum atomic E-state index is 13.4. The van der Waals surface area contributed by atoms with Crippen molar-refractivity contribution in [2.45, 2.75) is 6.54 Å². The van der Waals surface area contributed by atoms with Gasteiger partial charge in [-0.25, -0.2) is 8.78 Å². The first-order valence-corrected chi connectivity index (χ1v) is 7.00. The average Bonchev–Trinajstić information content (AvgIpc) is 2.57. The molecule has 0 spiro atoms. The topological polar surface area (TPSA) is 29.5 Å². The Bertz CT molecular complexity index is 701. The predicted octanol–water partition coefficient (Wildman–Crippen LogP) is 3.65. The van der Waals surface area contributed by atoms with Crippen molar-refractivity contribution in [1.82, 2.24) is 0 Å². The number of ether oxygens (including phenoxy) is 1. The molecule has 21 heavy (non-hydrogen) atoms. The van der Waals surface area contributed by atoms with Gasteiger partial charge >= 0.3 is 0 Å². The molecule has 1 aliphatic heterocycles. The third-order valence-electron chi connectivity index (χ3n) is 3.16. The molecule has 2 aromatic carbocycles. The number of carbonyl (C=O) groups is 1. The van der Waals surface area contributed by atoms with Gasteiger partial charge < -0.3 is 9.64 Å². The molecule has 3 rings (SSSR count). The second kappa shape index (κ2) is 5.44. The maximum absolute atomic E-state index is 13.4. The number of halogens is 3. The summed E-state index contributed by atoms with van der Waals surface area (Å²) in [6.45, 7) is 0.0171. The van der Waals surface area contributed by atoms with Crippen LogP contribution in [0.1, 0.15) is 5.56 Å². The van der Waals surface area contributed by atoms with E-state index < -0.39 is 11.6 Å². The standard InChI is InChI=1S/C15H10BrF2NO2/c16-10-1-2-14-9(3-10)7-19(15(20)8-21-14)13-5-11(17)4-12(18)6-13/h1-6H,7-8H2. The minimum atomic E-state index is -0.725. The molecule has 6 heteroatoms. The lowest BCUT2D eigenvalue weighted by molar-refractivity contribution is -0.120. The molecule has 1 heterocycles. The van der Waals surface area contributed by atoms with Gasteiger partial charge in [0, 0.05) is 21.8 Å². The molecule has 0 bridgehead atoms. The highest BCUT2D eigenvalue weighted by atomic mass is 79.9. The number of carbonyl (C=O) groups excluding carboxylic acids is 1. The van der Waals surface area contributed by atoms with Crippen LogP contribution in [0.4, 0.5) is 14.5 Å². The van der Waals surface area contributed by atoms with Crippen LogP contribution >= 0.6 is 15.9 Å². The van der Waals surface area contributed by atoms with E-state index in [0.717, 1.165) is 28.2 Å². The van der Waals surface area contributed by atoms with Gasteiger partial charge in [-0.15, -0.1) is 0 Å². The summed E-state index contributed by atoms with van der Waals surface area (Å²) >= 11 is 3.35. The van der Waals surface area contributed by atoms with E-state index in [1.54, 1.807) is 12.1 Å². The van der Waals surface area contributed by atoms with Crippen LogP contribution < -0.4 is 9.64 Å². The molecular formula is C15H10BrF2NO2. The number of benzene rings is 2. The van der Waals surface area contributed by atoms with Crippen molar-refractivity contribution in [3.05, 3.63) is 58.1 Å². The van der Waals surface area contributed by atoms with Gasteiger partial charge in [-0.3, -0.25) is 4.79 Å². The van der Waals surface area contributed by atoms with Gasteiger partial charge in [0.1, 0.15) is 17.4 Å². The zero-order valence-electron chi connectivity index (χ0n) is 10.8. The number of nitrogens with zero attached hydrogens (tertiary/aromatic N) is 1. The first kappa shape index (κ1) is 14.0. The molecule has 2 aromatic rings. The highest BCUT2D eigenvalue weighted by Gasteiger charge is 2.23. The largest absolute Gasteiger partial charge is 0.483 e. The van der Waals surface area contributed by atoms with Crippen LogP contribution in [-0.4, -0.2) is 12.5 Å². The second-order valence-corrected chi connectivity index (χ2v) is 5.56. The molecule has 0 unspecified atom stereocenters. The predicted molar refractivity (Wildman–Crippen MR) is 77.2 cm³/mol. The molecule has 3 nitrogen and oxygen atoms in total. The molecule has 0 radical (unpaired) electrons. The molecule has 1 amide bonds. The summed E-state index contributed by atoms with van der Waals surface area (Å²) in [7, 11) is 0. The van der Waals surface area contributed by atoms with Crippen molar-refractivity contribution in [2.24, 2.45) is 0 Å². The number of hydrogen-bond acceptors (Lipinski definition) is 2. The van der Waals surface area contributed by atoms with Crippen LogP contribution in [0.5, 0.6) is 5.75 Å². The fourth-order valence-electron chi connectivity index (χ4n) is 2.22. The van der Waals surface area contributed by atoms with E-state index in [9.17, 15) is 13.6 Å². The van der Waals surface area contributed by atoms with Crippen molar-refractivity contribution < 1.29 is 18.3 Å². The van der Waals surface area contributed by atoms with Crippen LogP contribution in [0.3, 0.4) is 0 Å². The van der Waals surface area contributed by atoms with E-state index in [4.69, 9.17) is 4.74 Å². The van der Waals surface area contributed by atoms with E-state index in [2.05, 4.69) is 15.9 Å². The SMILES string of the molecule is O=C1COc2ccc(Br)cc2CN1c1cc(F)cc(F)c1. The van der Waals surface area contributed by atoms with Crippen molar-refractivity contribution in [3.63, 3.8) is 0 Å². The highest BCUT2D eigenvalue weighted by Crippen LogP contribution is 2.29. The zero-order valence-corrected chi connectivity index (χ0v) is 12.4. The number of fused-ring (bicyclic) bond motifs is 1. The first-order chi connectivity index (χ1) is 10.0. The van der Waals surface area contributed by atoms with Crippen LogP contribution in [0.2, 0.25) is 0 Å². The molecule has 0 aliphatic carbocycles. The van der Waals surface area contributed by atoms with E-state index in [0.29, 0.717) is 5.75 Å². The van der Waals surface area contributed by atoms with E-state index in [1.165, 1.54) is 4.90 Å². The number of anilines is 1.